The van der Waals surface area contributed by atoms with Crippen LogP contribution in [-0.4, -0.2) is 5.78 Å². The second-order valence-corrected chi connectivity index (χ2v) is 9.35. The molecule has 0 N–H and O–H groups in total. The summed E-state index contributed by atoms with van der Waals surface area (Å²) in [4.78, 5) is 15.2. The molecule has 2 heterocycles. The maximum Gasteiger partial charge on any atom is 0.195 e. The second kappa shape index (κ2) is 7.49. The zero-order valence-electron chi connectivity index (χ0n) is 10.6. The van der Waals surface area contributed by atoms with Crippen LogP contribution in [0, 0.1) is 0 Å². The number of allylic oxidation sites excluding steroid dienone is 1. The third-order valence-corrected chi connectivity index (χ3v) is 7.94. The van der Waals surface area contributed by atoms with Gasteiger partial charge in [-0.25, -0.2) is 0 Å². The Balaban J connectivity index is 2.13. The second-order valence-electron chi connectivity index (χ2n) is 4.10. The van der Waals surface area contributed by atoms with E-state index in [1.807, 2.05) is 18.2 Å². The molecule has 0 aliphatic rings. The topological polar surface area (TPSA) is 17.1 Å². The Hall–Kier alpha value is 0.250. The number of thiophene rings is 2. The van der Waals surface area contributed by atoms with E-state index in [2.05, 4.69) is 54.7 Å². The predicted octanol–water partition coefficient (Wildman–Crippen LogP) is 6.95. The third-order valence-electron chi connectivity index (χ3n) is 2.54. The number of hydrogen-bond donors (Lipinski definition) is 0. The molecule has 1 nitrogen and oxygen atoms in total. The molecule has 0 aliphatic carbocycles. The summed E-state index contributed by atoms with van der Waals surface area (Å²) in [6.45, 7) is 2.14. The minimum absolute atomic E-state index is 0.0543. The van der Waals surface area contributed by atoms with Gasteiger partial charge in [-0.15, -0.1) is 22.7 Å². The van der Waals surface area contributed by atoms with Crippen molar-refractivity contribution in [3.63, 3.8) is 0 Å². The molecule has 20 heavy (non-hydrogen) atoms. The molecule has 0 saturated carbocycles. The van der Waals surface area contributed by atoms with Crippen LogP contribution in [0.15, 0.2) is 30.9 Å². The summed E-state index contributed by atoms with van der Waals surface area (Å²) in [7, 11) is 0. The Morgan fingerprint density at radius 1 is 1.20 bits per heavy atom. The van der Waals surface area contributed by atoms with E-state index in [0.717, 1.165) is 35.3 Å². The standard InChI is InChI=1S/C14H11Br3OS2/c1-2-3-12-9(15)7-13(20-12)11(18)5-4-8-6-10(16)14(17)19-8/h4-7H,2-3H2,1H3/b5-4+. The van der Waals surface area contributed by atoms with E-state index in [1.165, 1.54) is 4.88 Å². The Morgan fingerprint density at radius 3 is 2.55 bits per heavy atom. The Bertz CT molecular complexity index is 636. The van der Waals surface area contributed by atoms with E-state index in [0.29, 0.717) is 0 Å². The number of rotatable bonds is 5. The maximum atomic E-state index is 12.2. The highest BCUT2D eigenvalue weighted by Crippen LogP contribution is 2.33. The highest BCUT2D eigenvalue weighted by Gasteiger charge is 2.11. The fourth-order valence-electron chi connectivity index (χ4n) is 1.61. The lowest BCUT2D eigenvalue weighted by molar-refractivity contribution is 0.105. The van der Waals surface area contributed by atoms with E-state index in [1.54, 1.807) is 28.7 Å². The lowest BCUT2D eigenvalue weighted by atomic mass is 10.2. The van der Waals surface area contributed by atoms with Crippen molar-refractivity contribution in [3.05, 3.63) is 45.6 Å². The molecular weight excluding hydrogens is 488 g/mol. The van der Waals surface area contributed by atoms with Crippen LogP contribution < -0.4 is 0 Å². The van der Waals surface area contributed by atoms with Crippen LogP contribution in [-0.2, 0) is 6.42 Å². The van der Waals surface area contributed by atoms with Gasteiger partial charge in [-0.05, 0) is 78.5 Å². The number of ketones is 1. The van der Waals surface area contributed by atoms with Crippen LogP contribution in [0.25, 0.3) is 6.08 Å². The average Bonchev–Trinajstić information content (AvgIpc) is 2.92. The van der Waals surface area contributed by atoms with Gasteiger partial charge in [0.25, 0.3) is 0 Å². The van der Waals surface area contributed by atoms with E-state index in [4.69, 9.17) is 0 Å². The average molecular weight is 499 g/mol. The minimum Gasteiger partial charge on any atom is -0.288 e. The van der Waals surface area contributed by atoms with Crippen LogP contribution in [0.3, 0.4) is 0 Å². The highest BCUT2D eigenvalue weighted by molar-refractivity contribution is 9.13. The molecule has 106 valence electrons. The van der Waals surface area contributed by atoms with Gasteiger partial charge in [0.15, 0.2) is 5.78 Å². The van der Waals surface area contributed by atoms with Crippen molar-refractivity contribution in [2.75, 3.05) is 0 Å². The van der Waals surface area contributed by atoms with Gasteiger partial charge < -0.3 is 0 Å². The number of hydrogen-bond acceptors (Lipinski definition) is 3. The molecular formula is C14H11Br3OS2. The Morgan fingerprint density at radius 2 is 1.95 bits per heavy atom. The Labute approximate surface area is 151 Å². The first-order valence-electron chi connectivity index (χ1n) is 5.96. The van der Waals surface area contributed by atoms with Gasteiger partial charge in [0.2, 0.25) is 0 Å². The van der Waals surface area contributed by atoms with Gasteiger partial charge in [0.1, 0.15) is 0 Å². The van der Waals surface area contributed by atoms with Gasteiger partial charge in [-0.2, -0.15) is 0 Å². The van der Waals surface area contributed by atoms with E-state index in [-0.39, 0.29) is 5.78 Å². The molecule has 0 fully saturated rings. The number of carbonyl (C=O) groups is 1. The van der Waals surface area contributed by atoms with E-state index in [9.17, 15) is 4.79 Å². The van der Waals surface area contributed by atoms with Crippen LogP contribution in [0.4, 0.5) is 0 Å². The summed E-state index contributed by atoms with van der Waals surface area (Å²) in [5.74, 6) is 0.0543. The van der Waals surface area contributed by atoms with Crippen LogP contribution in [0.1, 0.15) is 32.8 Å². The van der Waals surface area contributed by atoms with Crippen LogP contribution >= 0.6 is 70.5 Å². The summed E-state index contributed by atoms with van der Waals surface area (Å²) in [5.41, 5.74) is 0. The predicted molar refractivity (Wildman–Crippen MR) is 99.1 cm³/mol. The van der Waals surface area contributed by atoms with Crippen LogP contribution in [0.2, 0.25) is 0 Å². The van der Waals surface area contributed by atoms with Gasteiger partial charge in [-0.3, -0.25) is 4.79 Å². The Kier molecular flexibility index (Phi) is 6.23. The maximum absolute atomic E-state index is 12.2. The largest absolute Gasteiger partial charge is 0.288 e. The lowest BCUT2D eigenvalue weighted by Gasteiger charge is -1.91. The first-order valence-corrected chi connectivity index (χ1v) is 9.98. The summed E-state index contributed by atoms with van der Waals surface area (Å²) < 4.78 is 3.09. The molecule has 2 rings (SSSR count). The summed E-state index contributed by atoms with van der Waals surface area (Å²) in [6.07, 6.45) is 5.58. The van der Waals surface area contributed by atoms with Crippen LogP contribution in [0.5, 0.6) is 0 Å². The number of carbonyl (C=O) groups excluding carboxylic acids is 1. The first kappa shape index (κ1) is 16.6. The molecule has 0 saturated heterocycles. The van der Waals surface area contributed by atoms with Gasteiger partial charge >= 0.3 is 0 Å². The zero-order chi connectivity index (χ0) is 14.7. The summed E-state index contributed by atoms with van der Waals surface area (Å²) >= 11 is 13.6. The third kappa shape index (κ3) is 4.13. The first-order chi connectivity index (χ1) is 9.51. The molecule has 2 aromatic rings. The monoisotopic (exact) mass is 496 g/mol. The quantitative estimate of drug-likeness (QED) is 0.322. The fraction of sp³-hybridized carbons (Fsp3) is 0.214. The normalized spacial score (nSPS) is 11.4. The zero-order valence-corrected chi connectivity index (χ0v) is 17.0. The molecule has 0 atom stereocenters. The van der Waals surface area contributed by atoms with Crippen molar-refractivity contribution in [1.29, 1.82) is 0 Å². The molecule has 0 spiro atoms. The molecule has 0 aliphatic heterocycles. The number of aryl methyl sites for hydroxylation is 1. The summed E-state index contributed by atoms with van der Waals surface area (Å²) in [5, 5.41) is 0. The van der Waals surface area contributed by atoms with Gasteiger partial charge in [0, 0.05) is 18.7 Å². The molecule has 0 bridgehead atoms. The lowest BCUT2D eigenvalue weighted by Crippen LogP contribution is -1.88. The van der Waals surface area contributed by atoms with E-state index < -0.39 is 0 Å². The SMILES string of the molecule is CCCc1sc(C(=O)/C=C/c2cc(Br)c(Br)s2)cc1Br. The van der Waals surface area contributed by atoms with Crippen molar-refractivity contribution >= 4 is 82.3 Å². The van der Waals surface area contributed by atoms with Crippen molar-refractivity contribution in [1.82, 2.24) is 0 Å². The number of halogens is 3. The molecule has 0 radical (unpaired) electrons. The van der Waals surface area contributed by atoms with Crippen molar-refractivity contribution in [2.24, 2.45) is 0 Å². The van der Waals surface area contributed by atoms with E-state index >= 15 is 0 Å². The fourth-order valence-corrected chi connectivity index (χ4v) is 5.50. The van der Waals surface area contributed by atoms with Crippen molar-refractivity contribution < 1.29 is 4.79 Å². The van der Waals surface area contributed by atoms with Gasteiger partial charge in [0.05, 0.1) is 8.66 Å². The molecule has 0 amide bonds. The van der Waals surface area contributed by atoms with Crippen molar-refractivity contribution in [2.45, 2.75) is 19.8 Å². The minimum atomic E-state index is 0.0543. The molecule has 0 aromatic carbocycles. The molecule has 2 aromatic heterocycles. The smallest absolute Gasteiger partial charge is 0.195 e. The molecule has 6 heteroatoms. The highest BCUT2D eigenvalue weighted by atomic mass is 79.9. The van der Waals surface area contributed by atoms with Gasteiger partial charge in [-0.1, -0.05) is 13.3 Å². The molecule has 0 unspecified atom stereocenters. The summed E-state index contributed by atoms with van der Waals surface area (Å²) in [6, 6.07) is 3.91. The van der Waals surface area contributed by atoms with Crippen molar-refractivity contribution in [3.8, 4) is 0 Å².